The number of benzene rings is 1. The number of carbonyl (C=O) groups excluding carboxylic acids is 1. The summed E-state index contributed by atoms with van der Waals surface area (Å²) in [4.78, 5) is 13.5. The fourth-order valence-electron chi connectivity index (χ4n) is 1.72. The van der Waals surface area contributed by atoms with Crippen molar-refractivity contribution in [2.75, 3.05) is 20.1 Å². The molecule has 2 rings (SSSR count). The van der Waals surface area contributed by atoms with E-state index in [9.17, 15) is 9.18 Å². The van der Waals surface area contributed by atoms with Gasteiger partial charge in [0.1, 0.15) is 5.82 Å². The fourth-order valence-corrected chi connectivity index (χ4v) is 1.72. The van der Waals surface area contributed by atoms with Gasteiger partial charge in [-0.2, -0.15) is 0 Å². The van der Waals surface area contributed by atoms with Crippen LogP contribution in [0.5, 0.6) is 0 Å². The van der Waals surface area contributed by atoms with Crippen molar-refractivity contribution in [3.63, 3.8) is 0 Å². The highest BCUT2D eigenvalue weighted by Gasteiger charge is 2.27. The minimum absolute atomic E-state index is 0.116. The highest BCUT2D eigenvalue weighted by atomic mass is 19.1. The summed E-state index contributed by atoms with van der Waals surface area (Å²) in [6.45, 7) is 2.08. The second-order valence-corrected chi connectivity index (χ2v) is 4.18. The molecule has 0 spiro atoms. The average Bonchev–Trinajstić information content (AvgIpc) is 2.19. The molecule has 1 aliphatic rings. The van der Waals surface area contributed by atoms with Crippen LogP contribution in [0.25, 0.3) is 0 Å². The third kappa shape index (κ3) is 2.39. The Labute approximate surface area is 94.3 Å². The third-order valence-electron chi connectivity index (χ3n) is 2.84. The number of hydrogen-bond acceptors (Lipinski definition) is 2. The van der Waals surface area contributed by atoms with Crippen LogP contribution in [-0.2, 0) is 11.3 Å². The standard InChI is InChI=1S/C12H15FN2O/c1-15(12(16)10-6-14-7-10)8-9-2-4-11(13)5-3-9/h2-5,10,14H,6-8H2,1H3. The van der Waals surface area contributed by atoms with Gasteiger partial charge in [0.15, 0.2) is 0 Å². The Kier molecular flexibility index (Phi) is 3.19. The van der Waals surface area contributed by atoms with Gasteiger partial charge in [-0.15, -0.1) is 0 Å². The van der Waals surface area contributed by atoms with Gasteiger partial charge < -0.3 is 10.2 Å². The molecule has 16 heavy (non-hydrogen) atoms. The van der Waals surface area contributed by atoms with E-state index >= 15 is 0 Å². The number of halogens is 1. The van der Waals surface area contributed by atoms with Crippen LogP contribution in [0, 0.1) is 11.7 Å². The lowest BCUT2D eigenvalue weighted by Crippen LogP contribution is -2.50. The van der Waals surface area contributed by atoms with E-state index in [-0.39, 0.29) is 17.6 Å². The van der Waals surface area contributed by atoms with Gasteiger partial charge in [0.05, 0.1) is 5.92 Å². The van der Waals surface area contributed by atoms with E-state index in [2.05, 4.69) is 5.32 Å². The summed E-state index contributed by atoms with van der Waals surface area (Å²) in [5.41, 5.74) is 0.949. The van der Waals surface area contributed by atoms with Crippen LogP contribution in [0.3, 0.4) is 0 Å². The maximum Gasteiger partial charge on any atom is 0.228 e. The Morgan fingerprint density at radius 1 is 1.44 bits per heavy atom. The average molecular weight is 222 g/mol. The predicted octanol–water partition coefficient (Wildman–Crippen LogP) is 1.00. The lowest BCUT2D eigenvalue weighted by Gasteiger charge is -2.30. The number of nitrogens with zero attached hydrogens (tertiary/aromatic N) is 1. The maximum atomic E-state index is 12.7. The van der Waals surface area contributed by atoms with E-state index in [1.54, 1.807) is 24.1 Å². The topological polar surface area (TPSA) is 32.3 Å². The number of nitrogens with one attached hydrogen (secondary N) is 1. The molecular weight excluding hydrogens is 207 g/mol. The quantitative estimate of drug-likeness (QED) is 0.827. The molecule has 0 aliphatic carbocycles. The largest absolute Gasteiger partial charge is 0.341 e. The van der Waals surface area contributed by atoms with Crippen LogP contribution in [0.4, 0.5) is 4.39 Å². The van der Waals surface area contributed by atoms with Crippen LogP contribution in [0.1, 0.15) is 5.56 Å². The molecule has 0 atom stereocenters. The van der Waals surface area contributed by atoms with Crippen molar-refractivity contribution >= 4 is 5.91 Å². The van der Waals surface area contributed by atoms with Crippen molar-refractivity contribution in [2.24, 2.45) is 5.92 Å². The first-order chi connectivity index (χ1) is 7.66. The molecule has 1 amide bonds. The molecular formula is C12H15FN2O. The smallest absolute Gasteiger partial charge is 0.228 e. The van der Waals surface area contributed by atoms with Gasteiger partial charge in [-0.25, -0.2) is 4.39 Å². The minimum Gasteiger partial charge on any atom is -0.341 e. The van der Waals surface area contributed by atoms with Crippen LogP contribution in [0.2, 0.25) is 0 Å². The highest BCUT2D eigenvalue weighted by Crippen LogP contribution is 2.11. The first-order valence-corrected chi connectivity index (χ1v) is 5.37. The van der Waals surface area contributed by atoms with Crippen LogP contribution in [-0.4, -0.2) is 30.9 Å². The van der Waals surface area contributed by atoms with E-state index in [4.69, 9.17) is 0 Å². The van der Waals surface area contributed by atoms with E-state index in [0.29, 0.717) is 6.54 Å². The van der Waals surface area contributed by atoms with Gasteiger partial charge >= 0.3 is 0 Å². The summed E-state index contributed by atoms with van der Waals surface area (Å²) >= 11 is 0. The molecule has 1 aliphatic heterocycles. The van der Waals surface area contributed by atoms with Gasteiger partial charge in [-0.05, 0) is 17.7 Å². The molecule has 86 valence electrons. The zero-order valence-corrected chi connectivity index (χ0v) is 9.24. The monoisotopic (exact) mass is 222 g/mol. The predicted molar refractivity (Wildman–Crippen MR) is 59.2 cm³/mol. The van der Waals surface area contributed by atoms with Crippen molar-refractivity contribution in [1.82, 2.24) is 10.2 Å². The first-order valence-electron chi connectivity index (χ1n) is 5.37. The second kappa shape index (κ2) is 4.61. The Balaban J connectivity index is 1.93. The number of hydrogen-bond donors (Lipinski definition) is 1. The van der Waals surface area contributed by atoms with Gasteiger partial charge in [0, 0.05) is 26.7 Å². The molecule has 1 heterocycles. The molecule has 3 nitrogen and oxygen atoms in total. The molecule has 0 radical (unpaired) electrons. The highest BCUT2D eigenvalue weighted by molar-refractivity contribution is 5.79. The van der Waals surface area contributed by atoms with Crippen molar-refractivity contribution in [1.29, 1.82) is 0 Å². The van der Waals surface area contributed by atoms with Crippen LogP contribution in [0.15, 0.2) is 24.3 Å². The van der Waals surface area contributed by atoms with E-state index in [1.165, 1.54) is 12.1 Å². The third-order valence-corrected chi connectivity index (χ3v) is 2.84. The molecule has 0 saturated carbocycles. The van der Waals surface area contributed by atoms with Crippen LogP contribution < -0.4 is 5.32 Å². The molecule has 1 aromatic rings. The molecule has 4 heteroatoms. The zero-order valence-electron chi connectivity index (χ0n) is 9.24. The van der Waals surface area contributed by atoms with Crippen LogP contribution >= 0.6 is 0 Å². The lowest BCUT2D eigenvalue weighted by molar-refractivity contribution is -0.136. The number of amides is 1. The van der Waals surface area contributed by atoms with Crippen molar-refractivity contribution in [3.8, 4) is 0 Å². The molecule has 1 N–H and O–H groups in total. The van der Waals surface area contributed by atoms with Gasteiger partial charge in [0.25, 0.3) is 0 Å². The van der Waals surface area contributed by atoms with Gasteiger partial charge in [-0.1, -0.05) is 12.1 Å². The molecule has 0 aromatic heterocycles. The van der Waals surface area contributed by atoms with E-state index < -0.39 is 0 Å². The second-order valence-electron chi connectivity index (χ2n) is 4.18. The summed E-state index contributed by atoms with van der Waals surface area (Å²) in [6.07, 6.45) is 0. The molecule has 1 saturated heterocycles. The maximum absolute atomic E-state index is 12.7. The first kappa shape index (κ1) is 11.1. The SMILES string of the molecule is CN(Cc1ccc(F)cc1)C(=O)C1CNC1. The summed E-state index contributed by atoms with van der Waals surface area (Å²) in [5, 5.41) is 3.07. The Hall–Kier alpha value is -1.42. The van der Waals surface area contributed by atoms with Gasteiger partial charge in [0.2, 0.25) is 5.91 Å². The summed E-state index contributed by atoms with van der Waals surface area (Å²) in [7, 11) is 1.78. The van der Waals surface area contributed by atoms with E-state index in [0.717, 1.165) is 18.7 Å². The van der Waals surface area contributed by atoms with Crippen molar-refractivity contribution < 1.29 is 9.18 Å². The van der Waals surface area contributed by atoms with Crippen molar-refractivity contribution in [2.45, 2.75) is 6.54 Å². The fraction of sp³-hybridized carbons (Fsp3) is 0.417. The van der Waals surface area contributed by atoms with Gasteiger partial charge in [-0.3, -0.25) is 4.79 Å². The normalized spacial score (nSPS) is 15.6. The summed E-state index contributed by atoms with van der Waals surface area (Å²) in [5.74, 6) is 0.0226. The molecule has 1 fully saturated rings. The number of rotatable bonds is 3. The number of carbonyl (C=O) groups is 1. The Bertz CT molecular complexity index is 373. The summed E-state index contributed by atoms with van der Waals surface area (Å²) < 4.78 is 12.7. The van der Waals surface area contributed by atoms with E-state index in [1.807, 2.05) is 0 Å². The lowest BCUT2D eigenvalue weighted by atomic mass is 10.0. The minimum atomic E-state index is -0.249. The van der Waals surface area contributed by atoms with Crippen molar-refractivity contribution in [3.05, 3.63) is 35.6 Å². The molecule has 1 aromatic carbocycles. The molecule has 0 unspecified atom stereocenters. The summed E-state index contributed by atoms with van der Waals surface area (Å²) in [6, 6.07) is 6.24. The Morgan fingerprint density at radius 2 is 2.06 bits per heavy atom. The Morgan fingerprint density at radius 3 is 2.56 bits per heavy atom. The molecule has 0 bridgehead atoms. The zero-order chi connectivity index (χ0) is 11.5.